The van der Waals surface area contributed by atoms with E-state index < -0.39 is 29.6 Å². The van der Waals surface area contributed by atoms with Gasteiger partial charge in [0.05, 0.1) is 30.2 Å². The van der Waals surface area contributed by atoms with Gasteiger partial charge in [-0.2, -0.15) is 0 Å². The third kappa shape index (κ3) is 4.74. The molecule has 7 atom stereocenters. The lowest BCUT2D eigenvalue weighted by atomic mass is 9.78. The molecule has 2 fully saturated rings. The van der Waals surface area contributed by atoms with Gasteiger partial charge in [0.25, 0.3) is 0 Å². The lowest BCUT2D eigenvalue weighted by Crippen LogP contribution is -2.53. The molecule has 0 spiro atoms. The summed E-state index contributed by atoms with van der Waals surface area (Å²) in [5.74, 6) is 0.0805. The minimum atomic E-state index is -0.931. The van der Waals surface area contributed by atoms with E-state index in [4.69, 9.17) is 14.3 Å². The Hall–Kier alpha value is -3.47. The van der Waals surface area contributed by atoms with Crippen molar-refractivity contribution in [3.8, 4) is 5.69 Å². The van der Waals surface area contributed by atoms with Crippen molar-refractivity contribution >= 4 is 5.71 Å². The summed E-state index contributed by atoms with van der Waals surface area (Å²) in [7, 11) is 0. The summed E-state index contributed by atoms with van der Waals surface area (Å²) in [6.07, 6.45) is -1.23. The number of ether oxygens (including phenoxy) is 2. The largest absolute Gasteiger partial charge is 0.395 e. The Bertz CT molecular complexity index is 1480. The van der Waals surface area contributed by atoms with Gasteiger partial charge >= 0.3 is 11.4 Å². The molecule has 0 unspecified atom stereocenters. The van der Waals surface area contributed by atoms with E-state index in [-0.39, 0.29) is 30.0 Å². The Morgan fingerprint density at radius 2 is 1.73 bits per heavy atom. The van der Waals surface area contributed by atoms with Crippen LogP contribution in [0.4, 0.5) is 0 Å². The Balaban J connectivity index is 1.20. The highest BCUT2D eigenvalue weighted by Crippen LogP contribution is 2.46. The summed E-state index contributed by atoms with van der Waals surface area (Å²) >= 11 is 0. The van der Waals surface area contributed by atoms with Crippen molar-refractivity contribution in [1.29, 1.82) is 0 Å². The zero-order valence-corrected chi connectivity index (χ0v) is 23.0. The standard InChI is InChI=1S/C30H36N4O6/c1-18(2)26(38-17-20-10-6-4-7-11-20)19(3)16-39-31-23-22-14-15-32-29(36)33(21-12-8-5-9-13-21)30(37)34(32)24(22)25(35)28-27(23)40-28/h4-13,18-19,22,24-28,35H,14-17H2,1-3H3/t19-,22-,24-,25+,26-,27-,28+/m1/s1. The average Bonchev–Trinajstić information content (AvgIpc) is 3.72. The van der Waals surface area contributed by atoms with E-state index in [9.17, 15) is 14.7 Å². The van der Waals surface area contributed by atoms with Gasteiger partial charge in [0.1, 0.15) is 24.9 Å². The number of epoxide rings is 1. The number of benzene rings is 2. The molecule has 212 valence electrons. The molecule has 3 aliphatic rings. The predicted octanol–water partition coefficient (Wildman–Crippen LogP) is 2.75. The van der Waals surface area contributed by atoms with E-state index >= 15 is 0 Å². The van der Waals surface area contributed by atoms with E-state index in [0.29, 0.717) is 37.6 Å². The first kappa shape index (κ1) is 26.7. The van der Waals surface area contributed by atoms with Crippen molar-refractivity contribution in [2.75, 3.05) is 6.61 Å². The molecule has 3 heterocycles. The Kier molecular flexibility index (Phi) is 7.24. The molecule has 10 heteroatoms. The van der Waals surface area contributed by atoms with Gasteiger partial charge in [-0.05, 0) is 30.0 Å². The van der Waals surface area contributed by atoms with Crippen LogP contribution in [0, 0.1) is 17.8 Å². The second-order valence-electron chi connectivity index (χ2n) is 11.4. The van der Waals surface area contributed by atoms with Gasteiger partial charge in [-0.25, -0.2) is 23.5 Å². The van der Waals surface area contributed by atoms with Crippen LogP contribution in [0.5, 0.6) is 0 Å². The molecule has 0 bridgehead atoms. The maximum absolute atomic E-state index is 13.5. The second kappa shape index (κ2) is 10.8. The second-order valence-corrected chi connectivity index (χ2v) is 11.4. The number of rotatable bonds is 9. The lowest BCUT2D eigenvalue weighted by Gasteiger charge is -2.38. The third-order valence-corrected chi connectivity index (χ3v) is 8.31. The van der Waals surface area contributed by atoms with Crippen LogP contribution in [0.3, 0.4) is 0 Å². The molecule has 1 N–H and O–H groups in total. The summed E-state index contributed by atoms with van der Waals surface area (Å²) < 4.78 is 16.1. The van der Waals surface area contributed by atoms with Crippen LogP contribution in [-0.4, -0.2) is 55.8 Å². The molecule has 2 aliphatic heterocycles. The summed E-state index contributed by atoms with van der Waals surface area (Å²) in [6, 6.07) is 18.3. The molecule has 1 saturated carbocycles. The molecule has 0 radical (unpaired) electrons. The summed E-state index contributed by atoms with van der Waals surface area (Å²) in [6.45, 7) is 7.57. The van der Waals surface area contributed by atoms with E-state index in [1.807, 2.05) is 36.4 Å². The monoisotopic (exact) mass is 548 g/mol. The smallest absolute Gasteiger partial charge is 0.352 e. The number of fused-ring (bicyclic) bond motifs is 4. The Labute approximate surface area is 232 Å². The zero-order valence-electron chi connectivity index (χ0n) is 23.0. The van der Waals surface area contributed by atoms with Crippen molar-refractivity contribution < 1.29 is 19.4 Å². The number of para-hydroxylation sites is 1. The number of aromatic nitrogens is 3. The van der Waals surface area contributed by atoms with Gasteiger partial charge in [0.2, 0.25) is 0 Å². The number of aliphatic hydroxyl groups excluding tert-OH is 1. The normalized spacial score (nSPS) is 27.5. The molecule has 10 nitrogen and oxygen atoms in total. The fourth-order valence-corrected chi connectivity index (χ4v) is 6.34. The summed E-state index contributed by atoms with van der Waals surface area (Å²) in [5.41, 5.74) is 1.41. The number of hydrogen-bond acceptors (Lipinski definition) is 7. The zero-order chi connectivity index (χ0) is 28.0. The van der Waals surface area contributed by atoms with Gasteiger partial charge in [-0.3, -0.25) is 0 Å². The molecule has 1 aliphatic carbocycles. The fraction of sp³-hybridized carbons (Fsp3) is 0.500. The maximum Gasteiger partial charge on any atom is 0.352 e. The highest BCUT2D eigenvalue weighted by Gasteiger charge is 2.61. The first-order valence-electron chi connectivity index (χ1n) is 14.1. The SMILES string of the molecule is CC(C)[C@@H](OCc1ccccc1)[C@H](C)CON=C1[C@H]2CCn3c(=O)n(-c4ccccc4)c(=O)n3[C@H]2[C@H](O)[C@@H]2O[C@H]12. The van der Waals surface area contributed by atoms with Gasteiger partial charge in [0, 0.05) is 18.4 Å². The predicted molar refractivity (Wildman–Crippen MR) is 149 cm³/mol. The first-order chi connectivity index (χ1) is 19.4. The molecular formula is C30H36N4O6. The molecule has 0 amide bonds. The molecule has 2 aromatic carbocycles. The van der Waals surface area contributed by atoms with Gasteiger partial charge < -0.3 is 19.4 Å². The Morgan fingerprint density at radius 1 is 1.02 bits per heavy atom. The van der Waals surface area contributed by atoms with Crippen molar-refractivity contribution in [3.63, 3.8) is 0 Å². The van der Waals surface area contributed by atoms with Gasteiger partial charge in [-0.15, -0.1) is 0 Å². The summed E-state index contributed by atoms with van der Waals surface area (Å²) in [5, 5.41) is 15.7. The molecule has 3 aromatic rings. The quantitative estimate of drug-likeness (QED) is 0.325. The van der Waals surface area contributed by atoms with Crippen LogP contribution >= 0.6 is 0 Å². The third-order valence-electron chi connectivity index (χ3n) is 8.31. The van der Waals surface area contributed by atoms with Crippen LogP contribution in [0.15, 0.2) is 75.4 Å². The fourth-order valence-electron chi connectivity index (χ4n) is 6.34. The van der Waals surface area contributed by atoms with Crippen LogP contribution in [-0.2, 0) is 27.5 Å². The maximum atomic E-state index is 13.5. The molecular weight excluding hydrogens is 512 g/mol. The van der Waals surface area contributed by atoms with Crippen LogP contribution in [0.25, 0.3) is 5.69 Å². The number of oxime groups is 1. The lowest BCUT2D eigenvalue weighted by molar-refractivity contribution is -0.0487. The molecule has 1 saturated heterocycles. The molecule has 1 aromatic heterocycles. The topological polar surface area (TPSA) is 113 Å². The van der Waals surface area contributed by atoms with E-state index in [1.54, 1.807) is 24.3 Å². The van der Waals surface area contributed by atoms with Crippen LogP contribution in [0.2, 0.25) is 0 Å². The minimum absolute atomic E-state index is 0.0216. The number of nitrogens with zero attached hydrogens (tertiary/aromatic N) is 4. The van der Waals surface area contributed by atoms with Crippen molar-refractivity contribution in [3.05, 3.63) is 87.2 Å². The minimum Gasteiger partial charge on any atom is -0.395 e. The van der Waals surface area contributed by atoms with E-state index in [2.05, 4.69) is 25.9 Å². The average molecular weight is 549 g/mol. The molecule has 40 heavy (non-hydrogen) atoms. The Morgan fingerprint density at radius 3 is 2.42 bits per heavy atom. The van der Waals surface area contributed by atoms with Crippen molar-refractivity contribution in [2.24, 2.45) is 22.9 Å². The van der Waals surface area contributed by atoms with Gasteiger partial charge in [-0.1, -0.05) is 74.5 Å². The van der Waals surface area contributed by atoms with Gasteiger partial charge in [0.15, 0.2) is 0 Å². The van der Waals surface area contributed by atoms with Crippen LogP contribution < -0.4 is 11.4 Å². The summed E-state index contributed by atoms with van der Waals surface area (Å²) in [4.78, 5) is 32.7. The first-order valence-corrected chi connectivity index (χ1v) is 14.1. The van der Waals surface area contributed by atoms with E-state index in [1.165, 1.54) is 9.36 Å². The van der Waals surface area contributed by atoms with E-state index in [0.717, 1.165) is 10.1 Å². The van der Waals surface area contributed by atoms with Crippen LogP contribution in [0.1, 0.15) is 38.8 Å². The van der Waals surface area contributed by atoms with Crippen molar-refractivity contribution in [2.45, 2.75) is 70.8 Å². The highest BCUT2D eigenvalue weighted by atomic mass is 16.6. The number of aliphatic hydroxyl groups is 1. The molecule has 6 rings (SSSR count). The van der Waals surface area contributed by atoms with Crippen molar-refractivity contribution in [1.82, 2.24) is 13.9 Å². The number of hydrogen-bond donors (Lipinski definition) is 1. The highest BCUT2D eigenvalue weighted by molar-refractivity contribution is 5.94.